The van der Waals surface area contributed by atoms with Gasteiger partial charge in [-0.05, 0) is 80.0 Å². The Morgan fingerprint density at radius 3 is 2.41 bits per heavy atom. The highest BCUT2D eigenvalue weighted by Gasteiger charge is 2.52. The lowest BCUT2D eigenvalue weighted by Gasteiger charge is -2.56. The quantitative estimate of drug-likeness (QED) is 0.561. The third-order valence-electron chi connectivity index (χ3n) is 6.67. The molecule has 0 atom stereocenters. The largest absolute Gasteiger partial charge is 0.291 e. The van der Waals surface area contributed by atoms with Gasteiger partial charge in [0, 0.05) is 15.6 Å². The maximum absolute atomic E-state index is 12.4. The van der Waals surface area contributed by atoms with Gasteiger partial charge in [-0.3, -0.25) is 9.89 Å². The molecule has 0 unspecified atom stereocenters. The third-order valence-corrected chi connectivity index (χ3v) is 7.20. The second-order valence-corrected chi connectivity index (χ2v) is 9.53. The van der Waals surface area contributed by atoms with Crippen molar-refractivity contribution in [2.75, 3.05) is 0 Å². The number of H-pyrrole nitrogens is 1. The van der Waals surface area contributed by atoms with Gasteiger partial charge in [0.1, 0.15) is 0 Å². The van der Waals surface area contributed by atoms with Crippen molar-refractivity contribution in [1.82, 2.24) is 15.6 Å². The Morgan fingerprint density at radius 1 is 1.15 bits per heavy atom. The van der Waals surface area contributed by atoms with Gasteiger partial charge in [0.25, 0.3) is 5.91 Å². The van der Waals surface area contributed by atoms with E-state index in [1.807, 2.05) is 30.3 Å². The van der Waals surface area contributed by atoms with Crippen molar-refractivity contribution in [3.8, 4) is 0 Å². The van der Waals surface area contributed by atoms with Crippen LogP contribution in [0.15, 0.2) is 39.9 Å². The van der Waals surface area contributed by atoms with Crippen molar-refractivity contribution in [2.24, 2.45) is 22.9 Å². The monoisotopic (exact) mass is 426 g/mol. The minimum atomic E-state index is -0.268. The molecular formula is C21H23BrN4O. The van der Waals surface area contributed by atoms with Crippen LogP contribution in [-0.2, 0) is 5.41 Å². The standard InChI is InChI=1S/C21H23BrN4O/c22-17-3-1-13(2-4-17)12-23-26-20(27)18-8-19(25-24-18)21-9-14-5-15(10-21)7-16(6-14)11-21/h1-4,8,12,14-16H,5-7,9-11H2,(H,24,25)(H,26,27)/b23-12+. The van der Waals surface area contributed by atoms with E-state index in [1.54, 1.807) is 6.21 Å². The van der Waals surface area contributed by atoms with E-state index in [-0.39, 0.29) is 11.3 Å². The molecular weight excluding hydrogens is 404 g/mol. The molecule has 0 radical (unpaired) electrons. The number of nitrogens with zero attached hydrogens (tertiary/aromatic N) is 2. The van der Waals surface area contributed by atoms with Crippen LogP contribution in [0.2, 0.25) is 0 Å². The van der Waals surface area contributed by atoms with Crippen LogP contribution in [-0.4, -0.2) is 22.3 Å². The van der Waals surface area contributed by atoms with Crippen LogP contribution in [0.25, 0.3) is 0 Å². The van der Waals surface area contributed by atoms with Crippen molar-refractivity contribution in [3.63, 3.8) is 0 Å². The number of hydrazone groups is 1. The molecule has 6 rings (SSSR count). The molecule has 1 aromatic heterocycles. The SMILES string of the molecule is O=C(N/N=C/c1ccc(Br)cc1)c1cc(C23CC4CC(CC(C4)C2)C3)[nH]n1. The van der Waals surface area contributed by atoms with E-state index >= 15 is 0 Å². The van der Waals surface area contributed by atoms with E-state index < -0.39 is 0 Å². The molecule has 0 saturated heterocycles. The highest BCUT2D eigenvalue weighted by atomic mass is 79.9. The molecule has 4 saturated carbocycles. The molecule has 140 valence electrons. The van der Waals surface area contributed by atoms with E-state index in [0.29, 0.717) is 5.69 Å². The Morgan fingerprint density at radius 2 is 1.78 bits per heavy atom. The number of rotatable bonds is 4. The summed E-state index contributed by atoms with van der Waals surface area (Å²) in [6.07, 6.45) is 9.62. The van der Waals surface area contributed by atoms with Crippen LogP contribution in [0.4, 0.5) is 0 Å². The second kappa shape index (κ2) is 6.59. The van der Waals surface area contributed by atoms with Gasteiger partial charge in [-0.1, -0.05) is 28.1 Å². The number of hydrogen-bond donors (Lipinski definition) is 2. The Hall–Kier alpha value is -1.95. The van der Waals surface area contributed by atoms with Crippen LogP contribution >= 0.6 is 15.9 Å². The van der Waals surface area contributed by atoms with Gasteiger partial charge < -0.3 is 0 Å². The van der Waals surface area contributed by atoms with E-state index in [9.17, 15) is 4.79 Å². The molecule has 1 amide bonds. The van der Waals surface area contributed by atoms with Crippen molar-refractivity contribution >= 4 is 28.1 Å². The summed E-state index contributed by atoms with van der Waals surface area (Å²) in [5.41, 5.74) is 5.32. The Labute approximate surface area is 167 Å². The Balaban J connectivity index is 1.28. The maximum atomic E-state index is 12.4. The van der Waals surface area contributed by atoms with E-state index in [4.69, 9.17) is 0 Å². The Kier molecular flexibility index (Phi) is 4.19. The van der Waals surface area contributed by atoms with Crippen molar-refractivity contribution < 1.29 is 4.79 Å². The second-order valence-electron chi connectivity index (χ2n) is 8.62. The number of aromatic amines is 1. The first kappa shape index (κ1) is 17.2. The molecule has 1 aromatic carbocycles. The minimum Gasteiger partial charge on any atom is -0.281 e. The molecule has 0 aliphatic heterocycles. The van der Waals surface area contributed by atoms with E-state index in [0.717, 1.165) is 33.5 Å². The van der Waals surface area contributed by atoms with E-state index in [2.05, 4.69) is 36.7 Å². The molecule has 6 heteroatoms. The fourth-order valence-corrected chi connectivity index (χ4v) is 6.19. The van der Waals surface area contributed by atoms with Gasteiger partial charge in [-0.25, -0.2) is 5.43 Å². The molecule has 2 N–H and O–H groups in total. The topological polar surface area (TPSA) is 70.1 Å². The number of nitrogens with one attached hydrogen (secondary N) is 2. The van der Waals surface area contributed by atoms with Gasteiger partial charge >= 0.3 is 0 Å². The number of hydrogen-bond acceptors (Lipinski definition) is 3. The third kappa shape index (κ3) is 3.24. The molecule has 27 heavy (non-hydrogen) atoms. The first-order valence-electron chi connectivity index (χ1n) is 9.74. The van der Waals surface area contributed by atoms with Crippen molar-refractivity contribution in [2.45, 2.75) is 43.9 Å². The first-order valence-corrected chi connectivity index (χ1v) is 10.5. The zero-order chi connectivity index (χ0) is 18.4. The van der Waals surface area contributed by atoms with Gasteiger partial charge in [0.2, 0.25) is 0 Å². The lowest BCUT2D eigenvalue weighted by molar-refractivity contribution is -0.00721. The zero-order valence-electron chi connectivity index (χ0n) is 15.1. The summed E-state index contributed by atoms with van der Waals surface area (Å²) in [5.74, 6) is 2.34. The normalized spacial score (nSPS) is 31.5. The predicted octanol–water partition coefficient (Wildman–Crippen LogP) is 4.40. The highest BCUT2D eigenvalue weighted by Crippen LogP contribution is 2.60. The zero-order valence-corrected chi connectivity index (χ0v) is 16.7. The fraction of sp³-hybridized carbons (Fsp3) is 0.476. The van der Waals surface area contributed by atoms with Gasteiger partial charge in [-0.15, -0.1) is 0 Å². The molecule has 4 fully saturated rings. The molecule has 4 aliphatic carbocycles. The molecule has 4 bridgehead atoms. The lowest BCUT2D eigenvalue weighted by atomic mass is 9.49. The average Bonchev–Trinajstić information content (AvgIpc) is 3.13. The molecule has 1 heterocycles. The molecule has 4 aliphatic rings. The van der Waals surface area contributed by atoms with Crippen LogP contribution in [0.1, 0.15) is 60.3 Å². The summed E-state index contributed by atoms with van der Waals surface area (Å²) in [4.78, 5) is 12.4. The summed E-state index contributed by atoms with van der Waals surface area (Å²) in [5, 5.41) is 11.5. The minimum absolute atomic E-state index is 0.223. The maximum Gasteiger partial charge on any atom is 0.291 e. The van der Waals surface area contributed by atoms with Crippen molar-refractivity contribution in [3.05, 3.63) is 51.8 Å². The predicted molar refractivity (Wildman–Crippen MR) is 108 cm³/mol. The fourth-order valence-electron chi connectivity index (χ4n) is 5.92. The number of amides is 1. The number of carbonyl (C=O) groups is 1. The number of benzene rings is 1. The van der Waals surface area contributed by atoms with Gasteiger partial charge in [0.15, 0.2) is 5.69 Å². The number of aromatic nitrogens is 2. The summed E-state index contributed by atoms with van der Waals surface area (Å²) < 4.78 is 1.01. The van der Waals surface area contributed by atoms with Crippen LogP contribution in [0.3, 0.4) is 0 Å². The summed E-state index contributed by atoms with van der Waals surface area (Å²) in [7, 11) is 0. The number of carbonyl (C=O) groups excluding carboxylic acids is 1. The Bertz CT molecular complexity index is 851. The van der Waals surface area contributed by atoms with Gasteiger partial charge in [-0.2, -0.15) is 10.2 Å². The van der Waals surface area contributed by atoms with Crippen LogP contribution in [0, 0.1) is 17.8 Å². The smallest absolute Gasteiger partial charge is 0.281 e. The van der Waals surface area contributed by atoms with Crippen LogP contribution < -0.4 is 5.43 Å². The summed E-state index contributed by atoms with van der Waals surface area (Å²) in [6.45, 7) is 0. The average molecular weight is 427 g/mol. The molecule has 0 spiro atoms. The van der Waals surface area contributed by atoms with E-state index in [1.165, 1.54) is 38.5 Å². The molecule has 2 aromatic rings. The van der Waals surface area contributed by atoms with Crippen molar-refractivity contribution in [1.29, 1.82) is 0 Å². The summed E-state index contributed by atoms with van der Waals surface area (Å²) >= 11 is 3.40. The number of halogens is 1. The first-order chi connectivity index (χ1) is 13.1. The van der Waals surface area contributed by atoms with Crippen LogP contribution in [0.5, 0.6) is 0 Å². The summed E-state index contributed by atoms with van der Waals surface area (Å²) in [6, 6.07) is 9.69. The molecule has 5 nitrogen and oxygen atoms in total. The van der Waals surface area contributed by atoms with Gasteiger partial charge in [0.05, 0.1) is 6.21 Å². The lowest BCUT2D eigenvalue weighted by Crippen LogP contribution is -2.48. The highest BCUT2D eigenvalue weighted by molar-refractivity contribution is 9.10.